The van der Waals surface area contributed by atoms with Crippen molar-refractivity contribution in [2.75, 3.05) is 13.1 Å². The summed E-state index contributed by atoms with van der Waals surface area (Å²) in [5, 5.41) is 2.47. The van der Waals surface area contributed by atoms with Gasteiger partial charge in [-0.25, -0.2) is 0 Å². The molecule has 3 aromatic rings. The minimum Gasteiger partial charge on any atom is -0.488 e. The van der Waals surface area contributed by atoms with Crippen molar-refractivity contribution in [3.63, 3.8) is 0 Å². The van der Waals surface area contributed by atoms with Gasteiger partial charge in [-0.15, -0.1) is 0 Å². The van der Waals surface area contributed by atoms with E-state index in [0.29, 0.717) is 6.61 Å². The third kappa shape index (κ3) is 3.62. The van der Waals surface area contributed by atoms with E-state index in [2.05, 4.69) is 75.4 Å². The van der Waals surface area contributed by atoms with Gasteiger partial charge in [-0.05, 0) is 63.3 Å². The lowest BCUT2D eigenvalue weighted by atomic mass is 10.1. The second-order valence-corrected chi connectivity index (χ2v) is 7.81. The quantitative estimate of drug-likeness (QED) is 0.478. The monoisotopic (exact) mass is 425 g/mol. The maximum absolute atomic E-state index is 6.09. The van der Waals surface area contributed by atoms with Crippen LogP contribution in [-0.4, -0.2) is 23.0 Å². The van der Waals surface area contributed by atoms with Crippen molar-refractivity contribution in [3.8, 4) is 5.75 Å². The Morgan fingerprint density at radius 1 is 1.00 bits per heavy atom. The fraction of sp³-hybridized carbons (Fsp3) is 0.227. The molecule has 4 heteroatoms. The summed E-state index contributed by atoms with van der Waals surface area (Å²) in [6, 6.07) is 20.9. The first-order chi connectivity index (χ1) is 12.7. The van der Waals surface area contributed by atoms with E-state index in [-0.39, 0.29) is 0 Å². The fourth-order valence-corrected chi connectivity index (χ4v) is 4.23. The number of hydrogen-bond donors (Lipinski definition) is 0. The average Bonchev–Trinajstić information content (AvgIpc) is 3.21. The average molecular weight is 426 g/mol. The number of likely N-dealkylation sites (tertiary alicyclic amines) is 1. The number of hydrogen-bond acceptors (Lipinski definition) is 2. The molecule has 0 saturated carbocycles. The molecule has 1 fully saturated rings. The minimum absolute atomic E-state index is 0.538. The van der Waals surface area contributed by atoms with Gasteiger partial charge < -0.3 is 9.64 Å². The second kappa shape index (κ2) is 7.77. The summed E-state index contributed by atoms with van der Waals surface area (Å²) in [6.45, 7) is 2.67. The van der Waals surface area contributed by atoms with Crippen LogP contribution in [0.1, 0.15) is 24.0 Å². The molecule has 0 spiro atoms. The van der Waals surface area contributed by atoms with Crippen LogP contribution in [-0.2, 0) is 6.61 Å². The summed E-state index contributed by atoms with van der Waals surface area (Å²) < 4.78 is 7.03. The van der Waals surface area contributed by atoms with Crippen molar-refractivity contribution in [1.82, 2.24) is 4.90 Å². The Bertz CT molecular complexity index is 945. The first kappa shape index (κ1) is 17.5. The molecule has 0 N–H and O–H groups in total. The van der Waals surface area contributed by atoms with Gasteiger partial charge in [0, 0.05) is 18.7 Å². The molecule has 4 rings (SSSR count). The lowest BCUT2D eigenvalue weighted by Crippen LogP contribution is -2.26. The standard InChI is InChI=1S/C22H20BrNOS/c23-20-14-17(22(26)24-12-3-4-13-24)10-11-21(20)25-15-18-8-5-7-16-6-1-2-9-19(16)18/h1-2,5-11,14H,3-4,12-13,15H2. The number of nitrogens with zero attached hydrogens (tertiary/aromatic N) is 1. The normalized spacial score (nSPS) is 14.0. The maximum Gasteiger partial charge on any atom is 0.134 e. The Kier molecular flexibility index (Phi) is 5.23. The van der Waals surface area contributed by atoms with Gasteiger partial charge in [0.1, 0.15) is 17.3 Å². The van der Waals surface area contributed by atoms with E-state index in [1.165, 1.54) is 29.2 Å². The molecule has 2 nitrogen and oxygen atoms in total. The van der Waals surface area contributed by atoms with Crippen LogP contribution in [0.4, 0.5) is 0 Å². The molecule has 1 saturated heterocycles. The number of fused-ring (bicyclic) bond motifs is 1. The topological polar surface area (TPSA) is 12.5 Å². The summed E-state index contributed by atoms with van der Waals surface area (Å²) in [6.07, 6.45) is 2.46. The summed E-state index contributed by atoms with van der Waals surface area (Å²) in [4.78, 5) is 3.22. The molecule has 1 aliphatic heterocycles. The van der Waals surface area contributed by atoms with Crippen molar-refractivity contribution in [2.24, 2.45) is 0 Å². The summed E-state index contributed by atoms with van der Waals surface area (Å²) >= 11 is 9.29. The molecule has 0 aromatic heterocycles. The zero-order chi connectivity index (χ0) is 17.9. The summed E-state index contributed by atoms with van der Waals surface area (Å²) in [7, 11) is 0. The van der Waals surface area contributed by atoms with Crippen molar-refractivity contribution >= 4 is 43.9 Å². The lowest BCUT2D eigenvalue weighted by molar-refractivity contribution is 0.305. The Morgan fingerprint density at radius 3 is 2.58 bits per heavy atom. The van der Waals surface area contributed by atoms with Gasteiger partial charge in [0.15, 0.2) is 0 Å². The molecule has 1 aliphatic rings. The van der Waals surface area contributed by atoms with Gasteiger partial charge in [-0.1, -0.05) is 54.7 Å². The number of rotatable bonds is 4. The molecule has 132 valence electrons. The molecule has 1 heterocycles. The van der Waals surface area contributed by atoms with E-state index in [1.807, 2.05) is 6.07 Å². The molecule has 0 unspecified atom stereocenters. The molecular formula is C22H20BrNOS. The van der Waals surface area contributed by atoms with Crippen molar-refractivity contribution in [3.05, 3.63) is 76.3 Å². The van der Waals surface area contributed by atoms with Crippen LogP contribution in [0.15, 0.2) is 65.1 Å². The van der Waals surface area contributed by atoms with Crippen LogP contribution in [0, 0.1) is 0 Å². The van der Waals surface area contributed by atoms with Crippen molar-refractivity contribution in [1.29, 1.82) is 0 Å². The van der Waals surface area contributed by atoms with Crippen LogP contribution < -0.4 is 4.74 Å². The van der Waals surface area contributed by atoms with E-state index in [0.717, 1.165) is 33.9 Å². The van der Waals surface area contributed by atoms with E-state index in [9.17, 15) is 0 Å². The van der Waals surface area contributed by atoms with E-state index in [1.54, 1.807) is 0 Å². The number of thiocarbonyl (C=S) groups is 1. The zero-order valence-corrected chi connectivity index (χ0v) is 16.9. The Hall–Kier alpha value is -1.91. The highest BCUT2D eigenvalue weighted by Gasteiger charge is 2.17. The molecule has 3 aromatic carbocycles. The summed E-state index contributed by atoms with van der Waals surface area (Å²) in [5.41, 5.74) is 2.26. The van der Waals surface area contributed by atoms with Crippen LogP contribution in [0.25, 0.3) is 10.8 Å². The van der Waals surface area contributed by atoms with Gasteiger partial charge in [-0.3, -0.25) is 0 Å². The van der Waals surface area contributed by atoms with Gasteiger partial charge in [0.25, 0.3) is 0 Å². The first-order valence-electron chi connectivity index (χ1n) is 8.90. The predicted molar refractivity (Wildman–Crippen MR) is 115 cm³/mol. The van der Waals surface area contributed by atoms with Gasteiger partial charge in [0.05, 0.1) is 4.47 Å². The molecule has 0 amide bonds. The fourth-order valence-electron chi connectivity index (χ4n) is 3.43. The SMILES string of the molecule is S=C(c1ccc(OCc2cccc3ccccc23)c(Br)c1)N1CCCC1. The van der Waals surface area contributed by atoms with Crippen molar-refractivity contribution in [2.45, 2.75) is 19.4 Å². The highest BCUT2D eigenvalue weighted by molar-refractivity contribution is 9.10. The molecule has 0 radical (unpaired) electrons. The number of benzene rings is 3. The van der Waals surface area contributed by atoms with Gasteiger partial charge in [0.2, 0.25) is 0 Å². The molecular weight excluding hydrogens is 406 g/mol. The predicted octanol–water partition coefficient (Wildman–Crippen LogP) is 5.95. The molecule has 26 heavy (non-hydrogen) atoms. The zero-order valence-electron chi connectivity index (χ0n) is 14.5. The highest BCUT2D eigenvalue weighted by Crippen LogP contribution is 2.29. The number of halogens is 1. The largest absolute Gasteiger partial charge is 0.488 e. The minimum atomic E-state index is 0.538. The lowest BCUT2D eigenvalue weighted by Gasteiger charge is -2.19. The molecule has 0 aliphatic carbocycles. The highest BCUT2D eigenvalue weighted by atomic mass is 79.9. The summed E-state index contributed by atoms with van der Waals surface area (Å²) in [5.74, 6) is 0.839. The Balaban J connectivity index is 1.50. The third-order valence-corrected chi connectivity index (χ3v) is 5.95. The Labute approximate surface area is 167 Å². The van der Waals surface area contributed by atoms with Crippen LogP contribution in [0.3, 0.4) is 0 Å². The van der Waals surface area contributed by atoms with Crippen LogP contribution >= 0.6 is 28.1 Å². The van der Waals surface area contributed by atoms with Crippen LogP contribution in [0.2, 0.25) is 0 Å². The van der Waals surface area contributed by atoms with E-state index >= 15 is 0 Å². The van der Waals surface area contributed by atoms with Crippen molar-refractivity contribution < 1.29 is 4.74 Å². The Morgan fingerprint density at radius 2 is 1.77 bits per heavy atom. The second-order valence-electron chi connectivity index (χ2n) is 6.57. The van der Waals surface area contributed by atoms with E-state index in [4.69, 9.17) is 17.0 Å². The first-order valence-corrected chi connectivity index (χ1v) is 10.1. The molecule has 0 bridgehead atoms. The van der Waals surface area contributed by atoms with Crippen LogP contribution in [0.5, 0.6) is 5.75 Å². The van der Waals surface area contributed by atoms with Gasteiger partial charge in [-0.2, -0.15) is 0 Å². The number of ether oxygens (including phenoxy) is 1. The smallest absolute Gasteiger partial charge is 0.134 e. The maximum atomic E-state index is 6.09. The van der Waals surface area contributed by atoms with E-state index < -0.39 is 0 Å². The molecule has 0 atom stereocenters. The third-order valence-electron chi connectivity index (χ3n) is 4.84. The van der Waals surface area contributed by atoms with Gasteiger partial charge >= 0.3 is 0 Å².